The van der Waals surface area contributed by atoms with Crippen molar-refractivity contribution in [2.45, 2.75) is 44.9 Å². The number of hydrogen-bond donors (Lipinski definition) is 0. The molecule has 36 heavy (non-hydrogen) atoms. The molecule has 1 aromatic carbocycles. The van der Waals surface area contributed by atoms with Crippen LogP contribution in [0.1, 0.15) is 44.9 Å². The molecule has 0 radical (unpaired) electrons. The van der Waals surface area contributed by atoms with E-state index in [-0.39, 0.29) is 29.6 Å². The molecule has 3 amide bonds. The number of carbonyl (C=O) groups excluding carboxylic acids is 3. The first-order chi connectivity index (χ1) is 17.4. The summed E-state index contributed by atoms with van der Waals surface area (Å²) in [4.78, 5) is 45.4. The van der Waals surface area contributed by atoms with E-state index < -0.39 is 0 Å². The molecule has 0 aromatic heterocycles. The number of methoxy groups -OCH3 is 2. The summed E-state index contributed by atoms with van der Waals surface area (Å²) in [6.45, 7) is 2.67. The van der Waals surface area contributed by atoms with E-state index in [9.17, 15) is 14.4 Å². The number of anilines is 1. The smallest absolute Gasteiger partial charge is 0.228 e. The normalized spacial score (nSPS) is 33.3. The third kappa shape index (κ3) is 3.93. The van der Waals surface area contributed by atoms with Crippen LogP contribution in [-0.2, 0) is 14.4 Å². The topological polar surface area (TPSA) is 79.4 Å². The van der Waals surface area contributed by atoms with Crippen molar-refractivity contribution in [3.05, 3.63) is 18.2 Å². The van der Waals surface area contributed by atoms with Crippen LogP contribution in [0.4, 0.5) is 5.69 Å². The molecular formula is C28H37N3O5. The summed E-state index contributed by atoms with van der Waals surface area (Å²) in [5.74, 6) is 3.34. The Kier molecular flexibility index (Phi) is 5.88. The third-order valence-corrected chi connectivity index (χ3v) is 9.52. The Hall–Kier alpha value is -2.77. The van der Waals surface area contributed by atoms with E-state index in [1.165, 1.54) is 19.3 Å². The molecule has 2 saturated heterocycles. The zero-order chi connectivity index (χ0) is 25.0. The molecule has 2 aliphatic heterocycles. The predicted molar refractivity (Wildman–Crippen MR) is 134 cm³/mol. The summed E-state index contributed by atoms with van der Waals surface area (Å²) in [5.41, 5.74) is 0.581. The molecule has 194 valence electrons. The zero-order valence-corrected chi connectivity index (χ0v) is 21.4. The van der Waals surface area contributed by atoms with E-state index >= 15 is 0 Å². The average Bonchev–Trinajstić information content (AvgIpc) is 3.28. The van der Waals surface area contributed by atoms with Crippen molar-refractivity contribution in [1.29, 1.82) is 0 Å². The second-order valence-corrected chi connectivity index (χ2v) is 11.8. The summed E-state index contributed by atoms with van der Waals surface area (Å²) in [5, 5.41) is 0. The molecule has 4 saturated carbocycles. The summed E-state index contributed by atoms with van der Waals surface area (Å²) in [7, 11) is 3.14. The fourth-order valence-corrected chi connectivity index (χ4v) is 8.21. The van der Waals surface area contributed by atoms with E-state index in [1.807, 2.05) is 15.9 Å². The molecule has 8 heteroatoms. The van der Waals surface area contributed by atoms with Crippen LogP contribution in [0.15, 0.2) is 18.2 Å². The number of ether oxygens (including phenoxy) is 2. The lowest BCUT2D eigenvalue weighted by molar-refractivity contribution is -0.161. The number of nitrogens with zero attached hydrogens (tertiary/aromatic N) is 3. The molecule has 6 fully saturated rings. The molecule has 7 rings (SSSR count). The zero-order valence-electron chi connectivity index (χ0n) is 21.4. The van der Waals surface area contributed by atoms with Crippen LogP contribution in [0.5, 0.6) is 11.5 Å². The Balaban J connectivity index is 1.07. The van der Waals surface area contributed by atoms with E-state index in [4.69, 9.17) is 9.47 Å². The highest BCUT2D eigenvalue weighted by Gasteiger charge is 2.55. The van der Waals surface area contributed by atoms with Gasteiger partial charge in [0, 0.05) is 50.9 Å². The largest absolute Gasteiger partial charge is 0.493 e. The van der Waals surface area contributed by atoms with Crippen LogP contribution in [0.2, 0.25) is 0 Å². The van der Waals surface area contributed by atoms with Crippen LogP contribution >= 0.6 is 0 Å². The molecule has 2 heterocycles. The summed E-state index contributed by atoms with van der Waals surface area (Å²) >= 11 is 0. The number of rotatable bonds is 5. The minimum atomic E-state index is -0.365. The minimum absolute atomic E-state index is 0.0215. The monoisotopic (exact) mass is 495 g/mol. The molecule has 0 spiro atoms. The Labute approximate surface area is 212 Å². The Morgan fingerprint density at radius 2 is 1.44 bits per heavy atom. The molecule has 0 N–H and O–H groups in total. The first-order valence-corrected chi connectivity index (χ1v) is 13.5. The molecule has 4 aliphatic carbocycles. The van der Waals surface area contributed by atoms with Gasteiger partial charge < -0.3 is 24.2 Å². The van der Waals surface area contributed by atoms with Gasteiger partial charge in [-0.2, -0.15) is 0 Å². The van der Waals surface area contributed by atoms with Crippen LogP contribution in [-0.4, -0.2) is 74.5 Å². The Morgan fingerprint density at radius 3 is 2.03 bits per heavy atom. The van der Waals surface area contributed by atoms with Gasteiger partial charge in [-0.05, 0) is 68.4 Å². The van der Waals surface area contributed by atoms with E-state index in [1.54, 1.807) is 31.3 Å². The lowest BCUT2D eigenvalue weighted by Crippen LogP contribution is -2.59. The first kappa shape index (κ1) is 23.6. The predicted octanol–water partition coefficient (Wildman–Crippen LogP) is 2.94. The number of amides is 3. The van der Waals surface area contributed by atoms with Crippen molar-refractivity contribution in [2.75, 3.05) is 51.8 Å². The standard InChI is InChI=1S/C28H37N3O5/c1-35-23-4-3-22(13-24(23)36-2)31-17-21(12-25(31)32)26(33)29-5-7-30(8-6-29)27(34)28-14-18-9-19(15-28)11-20(10-18)16-28/h3-4,13,18-21H,5-12,14-17H2,1-2H3. The fraction of sp³-hybridized carbons (Fsp3) is 0.679. The maximum absolute atomic E-state index is 13.7. The number of piperazine rings is 1. The lowest BCUT2D eigenvalue weighted by Gasteiger charge is -2.57. The van der Waals surface area contributed by atoms with Crippen LogP contribution in [0.3, 0.4) is 0 Å². The number of benzene rings is 1. The van der Waals surface area contributed by atoms with Crippen LogP contribution in [0.25, 0.3) is 0 Å². The van der Waals surface area contributed by atoms with Crippen molar-refractivity contribution in [3.63, 3.8) is 0 Å². The first-order valence-electron chi connectivity index (χ1n) is 13.5. The SMILES string of the molecule is COc1ccc(N2CC(C(=O)N3CCN(C(=O)C45CC6CC(CC(C6)C4)C5)CC3)CC2=O)cc1OC. The molecule has 4 bridgehead atoms. The summed E-state index contributed by atoms with van der Waals surface area (Å²) in [6, 6.07) is 5.37. The van der Waals surface area contributed by atoms with E-state index in [0.29, 0.717) is 55.8 Å². The van der Waals surface area contributed by atoms with Crippen molar-refractivity contribution in [3.8, 4) is 11.5 Å². The third-order valence-electron chi connectivity index (χ3n) is 9.52. The minimum Gasteiger partial charge on any atom is -0.493 e. The van der Waals surface area contributed by atoms with Crippen molar-refractivity contribution in [2.24, 2.45) is 29.1 Å². The Bertz CT molecular complexity index is 1030. The van der Waals surface area contributed by atoms with Crippen molar-refractivity contribution in [1.82, 2.24) is 9.80 Å². The van der Waals surface area contributed by atoms with E-state index in [2.05, 4.69) is 0 Å². The molecule has 1 unspecified atom stereocenters. The second kappa shape index (κ2) is 8.96. The molecular weight excluding hydrogens is 458 g/mol. The summed E-state index contributed by atoms with van der Waals surface area (Å²) < 4.78 is 10.7. The second-order valence-electron chi connectivity index (χ2n) is 11.8. The number of hydrogen-bond acceptors (Lipinski definition) is 5. The van der Waals surface area contributed by atoms with Crippen molar-refractivity contribution < 1.29 is 23.9 Å². The van der Waals surface area contributed by atoms with Gasteiger partial charge in [-0.25, -0.2) is 0 Å². The summed E-state index contributed by atoms with van der Waals surface area (Å²) in [6.07, 6.45) is 7.42. The van der Waals surface area contributed by atoms with E-state index in [0.717, 1.165) is 37.0 Å². The molecule has 1 atom stereocenters. The maximum Gasteiger partial charge on any atom is 0.228 e. The van der Waals surface area contributed by atoms with Gasteiger partial charge in [-0.15, -0.1) is 0 Å². The highest BCUT2D eigenvalue weighted by molar-refractivity contribution is 6.00. The van der Waals surface area contributed by atoms with Crippen LogP contribution < -0.4 is 14.4 Å². The molecule has 6 aliphatic rings. The van der Waals surface area contributed by atoms with Gasteiger partial charge in [0.25, 0.3) is 0 Å². The van der Waals surface area contributed by atoms with Gasteiger partial charge in [-0.1, -0.05) is 0 Å². The van der Waals surface area contributed by atoms with Crippen LogP contribution in [0, 0.1) is 29.1 Å². The molecule has 1 aromatic rings. The van der Waals surface area contributed by atoms with Gasteiger partial charge in [-0.3, -0.25) is 14.4 Å². The Morgan fingerprint density at radius 1 is 0.861 bits per heavy atom. The van der Waals surface area contributed by atoms with Gasteiger partial charge >= 0.3 is 0 Å². The quantitative estimate of drug-likeness (QED) is 0.628. The van der Waals surface area contributed by atoms with Gasteiger partial charge in [0.2, 0.25) is 17.7 Å². The lowest BCUT2D eigenvalue weighted by atomic mass is 9.49. The van der Waals surface area contributed by atoms with Crippen molar-refractivity contribution >= 4 is 23.4 Å². The molecule has 8 nitrogen and oxygen atoms in total. The van der Waals surface area contributed by atoms with Gasteiger partial charge in [0.15, 0.2) is 11.5 Å². The van der Waals surface area contributed by atoms with Gasteiger partial charge in [0.05, 0.1) is 25.6 Å². The maximum atomic E-state index is 13.7. The fourth-order valence-electron chi connectivity index (χ4n) is 8.21. The van der Waals surface area contributed by atoms with Gasteiger partial charge in [0.1, 0.15) is 0 Å². The highest BCUT2D eigenvalue weighted by Crippen LogP contribution is 2.60. The highest BCUT2D eigenvalue weighted by atomic mass is 16.5. The number of carbonyl (C=O) groups is 3. The average molecular weight is 496 g/mol.